The van der Waals surface area contributed by atoms with Crippen LogP contribution in [-0.2, 0) is 11.2 Å². The fourth-order valence-corrected chi connectivity index (χ4v) is 3.49. The molecule has 6 heteroatoms. The van der Waals surface area contributed by atoms with Crippen LogP contribution in [0.25, 0.3) is 11.3 Å². The zero-order chi connectivity index (χ0) is 14.7. The molecule has 1 N–H and O–H groups in total. The van der Waals surface area contributed by atoms with Crippen molar-refractivity contribution < 1.29 is 4.79 Å². The van der Waals surface area contributed by atoms with Gasteiger partial charge < -0.3 is 5.32 Å². The molecule has 106 valence electrons. The molecule has 0 saturated heterocycles. The Balaban J connectivity index is 1.71. The van der Waals surface area contributed by atoms with Gasteiger partial charge in [-0.1, -0.05) is 29.8 Å². The summed E-state index contributed by atoms with van der Waals surface area (Å²) in [4.78, 5) is 16.3. The summed E-state index contributed by atoms with van der Waals surface area (Å²) in [6.07, 6.45) is 0.366. The molecule has 0 bridgehead atoms. The quantitative estimate of drug-likeness (QED) is 0.751. The predicted octanol–water partition coefficient (Wildman–Crippen LogP) is 4.71. The highest BCUT2D eigenvalue weighted by atomic mass is 35.5. The number of carbonyl (C=O) groups excluding carboxylic acids is 1. The fourth-order valence-electron chi connectivity index (χ4n) is 1.87. The van der Waals surface area contributed by atoms with E-state index in [4.69, 9.17) is 11.6 Å². The molecule has 21 heavy (non-hydrogen) atoms. The number of thiophene rings is 1. The lowest BCUT2D eigenvalue weighted by atomic mass is 10.2. The highest BCUT2D eigenvalue weighted by Gasteiger charge is 2.10. The Hall–Kier alpha value is -1.69. The highest BCUT2D eigenvalue weighted by Crippen LogP contribution is 2.30. The van der Waals surface area contributed by atoms with Crippen LogP contribution in [0.4, 0.5) is 5.13 Å². The molecule has 0 spiro atoms. The van der Waals surface area contributed by atoms with Gasteiger partial charge >= 0.3 is 0 Å². The Morgan fingerprint density at radius 1 is 1.24 bits per heavy atom. The summed E-state index contributed by atoms with van der Waals surface area (Å²) in [5.41, 5.74) is 2.66. The molecule has 2 heterocycles. The average Bonchev–Trinajstić information content (AvgIpc) is 3.11. The van der Waals surface area contributed by atoms with E-state index in [1.807, 2.05) is 46.5 Å². The first kappa shape index (κ1) is 14.3. The van der Waals surface area contributed by atoms with E-state index in [2.05, 4.69) is 10.3 Å². The van der Waals surface area contributed by atoms with Gasteiger partial charge in [-0.05, 0) is 28.5 Å². The maximum absolute atomic E-state index is 11.9. The van der Waals surface area contributed by atoms with E-state index < -0.39 is 0 Å². The number of anilines is 1. The summed E-state index contributed by atoms with van der Waals surface area (Å²) in [7, 11) is 0. The highest BCUT2D eigenvalue weighted by molar-refractivity contribution is 7.14. The van der Waals surface area contributed by atoms with Crippen molar-refractivity contribution in [1.82, 2.24) is 4.98 Å². The third kappa shape index (κ3) is 3.50. The molecule has 0 radical (unpaired) electrons. The number of aromatic nitrogens is 1. The van der Waals surface area contributed by atoms with Crippen LogP contribution in [0.1, 0.15) is 5.56 Å². The van der Waals surface area contributed by atoms with E-state index in [0.717, 1.165) is 16.8 Å². The Labute approximate surface area is 135 Å². The number of nitrogens with one attached hydrogen (secondary N) is 1. The van der Waals surface area contributed by atoms with Gasteiger partial charge in [0.05, 0.1) is 12.1 Å². The zero-order valence-corrected chi connectivity index (χ0v) is 13.3. The second-order valence-electron chi connectivity index (χ2n) is 4.37. The Bertz CT molecular complexity index is 753. The van der Waals surface area contributed by atoms with Gasteiger partial charge in [0.25, 0.3) is 0 Å². The van der Waals surface area contributed by atoms with E-state index in [1.165, 1.54) is 11.3 Å². The van der Waals surface area contributed by atoms with Gasteiger partial charge in [0, 0.05) is 16.0 Å². The lowest BCUT2D eigenvalue weighted by molar-refractivity contribution is -0.115. The Kier molecular flexibility index (Phi) is 4.34. The second-order valence-corrected chi connectivity index (χ2v) is 6.42. The van der Waals surface area contributed by atoms with Crippen LogP contribution in [0.2, 0.25) is 5.02 Å². The molecule has 0 fully saturated rings. The number of halogens is 1. The van der Waals surface area contributed by atoms with Crippen molar-refractivity contribution in [2.75, 3.05) is 5.32 Å². The first-order valence-corrected chi connectivity index (χ1v) is 8.44. The molecule has 0 saturated carbocycles. The van der Waals surface area contributed by atoms with Crippen LogP contribution in [-0.4, -0.2) is 10.9 Å². The van der Waals surface area contributed by atoms with Crippen LogP contribution >= 0.6 is 34.3 Å². The molecule has 3 rings (SSSR count). The summed E-state index contributed by atoms with van der Waals surface area (Å²) in [5, 5.41) is 9.88. The molecule has 0 unspecified atom stereocenters. The SMILES string of the molecule is O=C(Cc1ccsc1)Nc1nc(-c2ccccc2Cl)cs1. The van der Waals surface area contributed by atoms with Crippen LogP contribution in [0.3, 0.4) is 0 Å². The molecular weight excluding hydrogens is 324 g/mol. The van der Waals surface area contributed by atoms with Gasteiger partial charge in [0.1, 0.15) is 0 Å². The van der Waals surface area contributed by atoms with Gasteiger partial charge in [0.2, 0.25) is 5.91 Å². The summed E-state index contributed by atoms with van der Waals surface area (Å²) in [6.45, 7) is 0. The smallest absolute Gasteiger partial charge is 0.230 e. The number of thiazole rings is 1. The number of carbonyl (C=O) groups is 1. The number of rotatable bonds is 4. The minimum absolute atomic E-state index is 0.0616. The largest absolute Gasteiger partial charge is 0.302 e. The molecule has 1 aromatic carbocycles. The zero-order valence-electron chi connectivity index (χ0n) is 10.9. The van der Waals surface area contributed by atoms with Gasteiger partial charge in [-0.3, -0.25) is 4.79 Å². The van der Waals surface area contributed by atoms with Crippen molar-refractivity contribution in [1.29, 1.82) is 0 Å². The molecule has 0 aliphatic rings. The van der Waals surface area contributed by atoms with E-state index in [1.54, 1.807) is 11.3 Å². The molecule has 0 atom stereocenters. The summed E-state index contributed by atoms with van der Waals surface area (Å²) in [6, 6.07) is 9.47. The standard InChI is InChI=1S/C15H11ClN2OS2/c16-12-4-2-1-3-11(12)13-9-21-15(17-13)18-14(19)7-10-5-6-20-8-10/h1-6,8-9H,7H2,(H,17,18,19). The molecule has 1 amide bonds. The minimum Gasteiger partial charge on any atom is -0.302 e. The first-order valence-electron chi connectivity index (χ1n) is 6.24. The number of benzene rings is 1. The van der Waals surface area contributed by atoms with Crippen molar-refractivity contribution in [3.63, 3.8) is 0 Å². The molecule has 0 aliphatic heterocycles. The first-order chi connectivity index (χ1) is 10.2. The van der Waals surface area contributed by atoms with Crippen molar-refractivity contribution in [2.24, 2.45) is 0 Å². The van der Waals surface area contributed by atoms with Crippen molar-refractivity contribution in [2.45, 2.75) is 6.42 Å². The van der Waals surface area contributed by atoms with E-state index in [0.29, 0.717) is 16.6 Å². The van der Waals surface area contributed by atoms with Gasteiger partial charge in [0.15, 0.2) is 5.13 Å². The third-order valence-electron chi connectivity index (χ3n) is 2.85. The van der Waals surface area contributed by atoms with Crippen molar-refractivity contribution in [3.05, 3.63) is 57.1 Å². The lowest BCUT2D eigenvalue weighted by Crippen LogP contribution is -2.13. The number of amides is 1. The number of hydrogen-bond acceptors (Lipinski definition) is 4. The normalized spacial score (nSPS) is 10.5. The molecule has 3 aromatic rings. The summed E-state index contributed by atoms with van der Waals surface area (Å²) < 4.78 is 0. The van der Waals surface area contributed by atoms with Gasteiger partial charge in [-0.2, -0.15) is 11.3 Å². The van der Waals surface area contributed by atoms with Crippen LogP contribution in [0.15, 0.2) is 46.5 Å². The van der Waals surface area contributed by atoms with Crippen LogP contribution in [0, 0.1) is 0 Å². The number of hydrogen-bond donors (Lipinski definition) is 1. The Morgan fingerprint density at radius 2 is 2.10 bits per heavy atom. The summed E-state index contributed by atoms with van der Waals surface area (Å²) in [5.74, 6) is -0.0616. The molecule has 3 nitrogen and oxygen atoms in total. The second kappa shape index (κ2) is 6.39. The average molecular weight is 335 g/mol. The fraction of sp³-hybridized carbons (Fsp3) is 0.0667. The van der Waals surface area contributed by atoms with Gasteiger partial charge in [-0.25, -0.2) is 4.98 Å². The van der Waals surface area contributed by atoms with Crippen LogP contribution in [0.5, 0.6) is 0 Å². The molecular formula is C15H11ClN2OS2. The lowest BCUT2D eigenvalue weighted by Gasteiger charge is -2.01. The van der Waals surface area contributed by atoms with Crippen molar-refractivity contribution in [3.8, 4) is 11.3 Å². The predicted molar refractivity (Wildman–Crippen MR) is 89.2 cm³/mol. The third-order valence-corrected chi connectivity index (χ3v) is 4.66. The topological polar surface area (TPSA) is 42.0 Å². The number of nitrogens with zero attached hydrogens (tertiary/aromatic N) is 1. The van der Waals surface area contributed by atoms with Crippen LogP contribution < -0.4 is 5.32 Å². The Morgan fingerprint density at radius 3 is 2.86 bits per heavy atom. The monoisotopic (exact) mass is 334 g/mol. The summed E-state index contributed by atoms with van der Waals surface area (Å²) >= 11 is 9.13. The van der Waals surface area contributed by atoms with Crippen molar-refractivity contribution >= 4 is 45.3 Å². The maximum Gasteiger partial charge on any atom is 0.230 e. The van der Waals surface area contributed by atoms with Gasteiger partial charge in [-0.15, -0.1) is 11.3 Å². The molecule has 2 aromatic heterocycles. The molecule has 0 aliphatic carbocycles. The maximum atomic E-state index is 11.9. The van der Waals surface area contributed by atoms with E-state index in [-0.39, 0.29) is 5.91 Å². The van der Waals surface area contributed by atoms with E-state index in [9.17, 15) is 4.79 Å². The van der Waals surface area contributed by atoms with E-state index >= 15 is 0 Å². The minimum atomic E-state index is -0.0616.